The summed E-state index contributed by atoms with van der Waals surface area (Å²) in [4.78, 5) is 58.0. The molecule has 5 rings (SSSR count). The van der Waals surface area contributed by atoms with Crippen molar-refractivity contribution < 1.29 is 41.8 Å². The minimum Gasteiger partial charge on any atom is -0.496 e. The molecule has 4 amide bonds. The number of sulfonamides is 1. The van der Waals surface area contributed by atoms with Crippen LogP contribution in [0.1, 0.15) is 89.2 Å². The summed E-state index contributed by atoms with van der Waals surface area (Å²) in [6, 6.07) is 7.31. The van der Waals surface area contributed by atoms with Crippen LogP contribution in [-0.4, -0.2) is 87.4 Å². The first-order valence-electron chi connectivity index (χ1n) is 20.3. The monoisotopic (exact) mass is 832 g/mol. The molecule has 1 saturated heterocycles. The molecule has 2 aliphatic carbocycles. The number of amides is 4. The Kier molecular flexibility index (Phi) is 14.2. The number of rotatable bonds is 22. The number of fused-ring (bicyclic) bond motifs is 1. The Bertz CT molecular complexity index is 2080. The molecule has 1 aliphatic heterocycles. The third-order valence-corrected chi connectivity index (χ3v) is 13.6. The van der Waals surface area contributed by atoms with Gasteiger partial charge in [0.1, 0.15) is 29.0 Å². The highest BCUT2D eigenvalue weighted by molar-refractivity contribution is 7.91. The number of unbranched alkanes of at least 4 members (excludes halogenated alkanes) is 3. The number of carbonyl (C=O) groups is 4. The number of methoxy groups -OCH3 is 2. The van der Waals surface area contributed by atoms with Gasteiger partial charge in [0.25, 0.3) is 5.91 Å². The van der Waals surface area contributed by atoms with E-state index in [1.54, 1.807) is 19.3 Å². The van der Waals surface area contributed by atoms with Crippen molar-refractivity contribution in [3.8, 4) is 5.75 Å². The average molecular weight is 833 g/mol. The van der Waals surface area contributed by atoms with Gasteiger partial charge in [-0.1, -0.05) is 69.7 Å². The van der Waals surface area contributed by atoms with E-state index in [9.17, 15) is 27.6 Å². The van der Waals surface area contributed by atoms with Crippen molar-refractivity contribution in [2.45, 2.75) is 107 Å². The lowest BCUT2D eigenvalue weighted by Gasteiger charge is -2.31. The van der Waals surface area contributed by atoms with E-state index in [0.29, 0.717) is 37.0 Å². The normalized spacial score (nSPS) is 23.1. The van der Waals surface area contributed by atoms with E-state index in [2.05, 4.69) is 41.7 Å². The molecule has 5 atom stereocenters. The largest absolute Gasteiger partial charge is 0.496 e. The molecule has 3 N–H and O–H groups in total. The van der Waals surface area contributed by atoms with Crippen LogP contribution < -0.4 is 20.1 Å². The maximum Gasteiger partial charge on any atom is 0.407 e. The van der Waals surface area contributed by atoms with Crippen LogP contribution in [0.4, 0.5) is 4.79 Å². The van der Waals surface area contributed by atoms with E-state index >= 15 is 0 Å². The number of hydrogen-bond donors (Lipinski definition) is 3. The van der Waals surface area contributed by atoms with Gasteiger partial charge in [0.2, 0.25) is 21.8 Å². The molecule has 2 aromatic rings. The highest BCUT2D eigenvalue weighted by atomic mass is 32.2. The SMILES string of the molecule is C=CCCCCC[C@H](NC(=O)OCC(C)(C)CC=C)C(=O)N1C[C@](OC)(c2ccc3cc(OC)c(C=C)cc3c2)C[C@H]1C(=O)N[C@]1(C(=O)NS(=O)(=O)C2CC2)C[C@H]1C=C. The Morgan fingerprint density at radius 1 is 0.983 bits per heavy atom. The summed E-state index contributed by atoms with van der Waals surface area (Å²) in [6.45, 7) is 19.2. The summed E-state index contributed by atoms with van der Waals surface area (Å²) < 4.78 is 45.3. The van der Waals surface area contributed by atoms with Crippen LogP contribution in [0.25, 0.3) is 16.8 Å². The molecule has 0 aromatic heterocycles. The second-order valence-electron chi connectivity index (χ2n) is 16.8. The van der Waals surface area contributed by atoms with Gasteiger partial charge in [-0.25, -0.2) is 13.2 Å². The summed E-state index contributed by atoms with van der Waals surface area (Å²) in [5.41, 5.74) is -1.71. The lowest BCUT2D eigenvalue weighted by molar-refractivity contribution is -0.141. The molecule has 14 heteroatoms. The molecule has 0 bridgehead atoms. The van der Waals surface area contributed by atoms with Crippen molar-refractivity contribution in [2.75, 3.05) is 27.4 Å². The smallest absolute Gasteiger partial charge is 0.407 e. The second kappa shape index (κ2) is 18.5. The van der Waals surface area contributed by atoms with Gasteiger partial charge in [0.15, 0.2) is 0 Å². The summed E-state index contributed by atoms with van der Waals surface area (Å²) >= 11 is 0. The first-order chi connectivity index (χ1) is 28.0. The van der Waals surface area contributed by atoms with Gasteiger partial charge in [-0.05, 0) is 79.5 Å². The maximum atomic E-state index is 14.9. The summed E-state index contributed by atoms with van der Waals surface area (Å²) in [5.74, 6) is -1.93. The molecule has 2 aromatic carbocycles. The molecule has 0 unspecified atom stereocenters. The van der Waals surface area contributed by atoms with E-state index in [4.69, 9.17) is 14.2 Å². The van der Waals surface area contributed by atoms with E-state index in [-0.39, 0.29) is 37.8 Å². The van der Waals surface area contributed by atoms with E-state index in [0.717, 1.165) is 35.6 Å². The van der Waals surface area contributed by atoms with E-state index < -0.39 is 68.2 Å². The zero-order valence-electron chi connectivity index (χ0n) is 34.8. The zero-order chi connectivity index (χ0) is 43.2. The summed E-state index contributed by atoms with van der Waals surface area (Å²) in [7, 11) is -0.827. The predicted molar refractivity (Wildman–Crippen MR) is 229 cm³/mol. The molecule has 13 nitrogen and oxygen atoms in total. The van der Waals surface area contributed by atoms with E-state index in [1.807, 2.05) is 50.3 Å². The predicted octanol–water partition coefficient (Wildman–Crippen LogP) is 6.44. The number of nitrogens with zero attached hydrogens (tertiary/aromatic N) is 1. The lowest BCUT2D eigenvalue weighted by Crippen LogP contribution is -2.58. The summed E-state index contributed by atoms with van der Waals surface area (Å²) in [6.07, 6.45) is 10.9. The zero-order valence-corrected chi connectivity index (χ0v) is 35.7. The summed E-state index contributed by atoms with van der Waals surface area (Å²) in [5, 5.41) is 6.72. The van der Waals surface area contributed by atoms with Crippen LogP contribution in [0.5, 0.6) is 5.75 Å². The molecule has 2 saturated carbocycles. The second-order valence-corrected chi connectivity index (χ2v) is 18.7. The van der Waals surface area contributed by atoms with Crippen LogP contribution in [-0.2, 0) is 39.5 Å². The molecule has 0 radical (unpaired) electrons. The lowest BCUT2D eigenvalue weighted by atomic mass is 9.88. The highest BCUT2D eigenvalue weighted by Gasteiger charge is 2.62. The third kappa shape index (κ3) is 10.3. The fourth-order valence-corrected chi connectivity index (χ4v) is 9.28. The number of nitrogens with one attached hydrogen (secondary N) is 3. The Morgan fingerprint density at radius 3 is 2.34 bits per heavy atom. The van der Waals surface area contributed by atoms with Gasteiger partial charge >= 0.3 is 6.09 Å². The van der Waals surface area contributed by atoms with Crippen molar-refractivity contribution in [2.24, 2.45) is 11.3 Å². The molecule has 0 spiro atoms. The number of allylic oxidation sites excluding steroid dienone is 2. The number of carbonyl (C=O) groups excluding carboxylic acids is 4. The number of alkyl carbamates (subject to hydrolysis) is 1. The number of benzene rings is 2. The van der Waals surface area contributed by atoms with Crippen molar-refractivity contribution in [1.29, 1.82) is 0 Å². The third-order valence-electron chi connectivity index (χ3n) is 11.8. The number of ether oxygens (including phenoxy) is 3. The topological polar surface area (TPSA) is 169 Å². The van der Waals surface area contributed by atoms with E-state index in [1.165, 1.54) is 18.1 Å². The molecule has 320 valence electrons. The van der Waals surface area contributed by atoms with Crippen molar-refractivity contribution in [3.05, 3.63) is 86.0 Å². The first kappa shape index (κ1) is 45.1. The van der Waals surface area contributed by atoms with Crippen LogP contribution in [0, 0.1) is 11.3 Å². The van der Waals surface area contributed by atoms with Gasteiger partial charge in [0.05, 0.1) is 25.5 Å². The van der Waals surface area contributed by atoms with Crippen LogP contribution in [0.2, 0.25) is 0 Å². The molecule has 3 fully saturated rings. The minimum absolute atomic E-state index is 0.0138. The molecular weight excluding hydrogens is 773 g/mol. The Labute approximate surface area is 348 Å². The van der Waals surface area contributed by atoms with Gasteiger partial charge in [-0.15, -0.1) is 19.7 Å². The Balaban J connectivity index is 1.51. The molecule has 3 aliphatic rings. The fraction of sp³-hybridized carbons (Fsp3) is 0.511. The van der Waals surface area contributed by atoms with Crippen molar-refractivity contribution >= 4 is 50.7 Å². The number of likely N-dealkylation sites (tertiary alicyclic amines) is 1. The minimum atomic E-state index is -3.93. The highest BCUT2D eigenvalue weighted by Crippen LogP contribution is 2.47. The first-order valence-corrected chi connectivity index (χ1v) is 21.8. The molecule has 1 heterocycles. The van der Waals surface area contributed by atoms with Gasteiger partial charge in [-0.3, -0.25) is 19.1 Å². The maximum absolute atomic E-state index is 14.9. The van der Waals surface area contributed by atoms with Crippen LogP contribution in [0.15, 0.2) is 74.9 Å². The standard InChI is InChI=1S/C45H60N4O9S/c1-9-13-14-15-16-17-36(46-42(53)58-29-43(5,6)22-10-2)40(51)49-28-44(57-8,34-19-18-31-25-38(56-7)30(11-3)23-32(31)24-34)27-37(49)39(50)47-45(26-33(45)12-4)41(52)48-59(54,55)35-20-21-35/h9-12,18-19,23-25,33,35-37H,1-4,13-17,20-22,26-29H2,5-8H3,(H,46,53)(H,47,50)(H,48,52)/t33-,36+,37+,44+,45-/m1/s1. The van der Waals surface area contributed by atoms with Crippen LogP contribution >= 0.6 is 0 Å². The quantitative estimate of drug-likeness (QED) is 0.0894. The van der Waals surface area contributed by atoms with Gasteiger partial charge in [-0.2, -0.15) is 0 Å². The molecule has 59 heavy (non-hydrogen) atoms. The van der Waals surface area contributed by atoms with Gasteiger partial charge in [0, 0.05) is 30.4 Å². The van der Waals surface area contributed by atoms with Gasteiger partial charge < -0.3 is 29.7 Å². The van der Waals surface area contributed by atoms with Crippen molar-refractivity contribution in [1.82, 2.24) is 20.3 Å². The average Bonchev–Trinajstić information content (AvgIpc) is 4.15. The number of hydrogen-bond acceptors (Lipinski definition) is 9. The van der Waals surface area contributed by atoms with Crippen molar-refractivity contribution in [3.63, 3.8) is 0 Å². The Morgan fingerprint density at radius 2 is 1.73 bits per heavy atom. The molecular formula is C45H60N4O9S. The van der Waals surface area contributed by atoms with Crippen LogP contribution in [0.3, 0.4) is 0 Å². The Hall–Kier alpha value is -4.95. The fourth-order valence-electron chi connectivity index (χ4n) is 7.91.